The van der Waals surface area contributed by atoms with Gasteiger partial charge in [-0.2, -0.15) is 0 Å². The van der Waals surface area contributed by atoms with Crippen molar-refractivity contribution in [2.75, 3.05) is 6.16 Å². The summed E-state index contributed by atoms with van der Waals surface area (Å²) in [4.78, 5) is 39.1. The van der Waals surface area contributed by atoms with Crippen LogP contribution in [-0.2, 0) is 9.59 Å². The lowest BCUT2D eigenvalue weighted by Crippen LogP contribution is -2.05. The van der Waals surface area contributed by atoms with Crippen molar-refractivity contribution in [1.82, 2.24) is 0 Å². The van der Waals surface area contributed by atoms with Gasteiger partial charge in [0.25, 0.3) is 0 Å². The molecule has 4 nitrogen and oxygen atoms in total. The van der Waals surface area contributed by atoms with Gasteiger partial charge in [-0.15, -0.1) is 0 Å². The topological polar surface area (TPSA) is 74.6 Å². The lowest BCUT2D eigenvalue weighted by atomic mass is 10.1. The van der Waals surface area contributed by atoms with Gasteiger partial charge in [-0.3, -0.25) is 9.59 Å². The molecule has 0 fully saturated rings. The normalized spacial score (nSPS) is 10.3. The van der Waals surface area contributed by atoms with Gasteiger partial charge in [0, 0.05) is 12.8 Å². The summed E-state index contributed by atoms with van der Waals surface area (Å²) in [6, 6.07) is 0. The molecule has 14 heavy (non-hydrogen) atoms. The van der Waals surface area contributed by atoms with Crippen LogP contribution in [0.3, 0.4) is 0 Å². The third-order valence-electron chi connectivity index (χ3n) is 1.65. The van der Waals surface area contributed by atoms with E-state index in [1.165, 1.54) is 0 Å². The third kappa shape index (κ3) is 6.89. The molecule has 0 saturated carbocycles. The average molecular weight is 218 g/mol. The molecular formula is C9H15O4P. The van der Waals surface area contributed by atoms with Gasteiger partial charge in [0.15, 0.2) is 14.2 Å². The molecule has 0 aromatic heterocycles. The fraction of sp³-hybridized carbons (Fsp3) is 0.556. The summed E-state index contributed by atoms with van der Waals surface area (Å²) in [6.45, 7) is 5.12. The van der Waals surface area contributed by atoms with Crippen LogP contribution < -0.4 is 0 Å². The number of carbonyl (C=O) groups excluding carboxylic acids is 2. The zero-order valence-corrected chi connectivity index (χ0v) is 9.09. The molecule has 0 radical (unpaired) electrons. The Morgan fingerprint density at radius 1 is 1.29 bits per heavy atom. The highest BCUT2D eigenvalue weighted by Gasteiger charge is 2.09. The summed E-state index contributed by atoms with van der Waals surface area (Å²) >= 11 is 0. The Morgan fingerprint density at radius 3 is 2.29 bits per heavy atom. The minimum atomic E-state index is -2.14. The maximum Gasteiger partial charge on any atom is 0.172 e. The molecular weight excluding hydrogens is 203 g/mol. The predicted octanol–water partition coefficient (Wildman–Crippen LogP) is 1.17. The Hall–Kier alpha value is -0.570. The number of rotatable bonds is 7. The molecule has 0 atom stereocenters. The van der Waals surface area contributed by atoms with E-state index in [-0.39, 0.29) is 24.1 Å². The highest BCUT2D eigenvalue weighted by molar-refractivity contribution is 7.46. The van der Waals surface area contributed by atoms with E-state index in [1.54, 1.807) is 6.92 Å². The quantitative estimate of drug-likeness (QED) is 0.496. The summed E-state index contributed by atoms with van der Waals surface area (Å²) in [5.41, 5.74) is 0.490. The van der Waals surface area contributed by atoms with E-state index in [9.17, 15) is 9.59 Å². The van der Waals surface area contributed by atoms with Crippen molar-refractivity contribution in [1.29, 1.82) is 0 Å². The number of allylic oxidation sites excluding steroid dienone is 1. The lowest BCUT2D eigenvalue weighted by molar-refractivity contribution is -0.117. The molecule has 0 aromatic carbocycles. The fourth-order valence-electron chi connectivity index (χ4n) is 0.896. The summed E-state index contributed by atoms with van der Waals surface area (Å²) in [6.07, 6.45) is 0.777. The number of carbonyl (C=O) groups is 2. The fourth-order valence-corrected chi connectivity index (χ4v) is 1.37. The molecule has 0 rings (SSSR count). The first kappa shape index (κ1) is 13.4. The van der Waals surface area contributed by atoms with Crippen molar-refractivity contribution in [3.8, 4) is 0 Å². The Kier molecular flexibility index (Phi) is 6.54. The summed E-state index contributed by atoms with van der Waals surface area (Å²) in [5.74, 6) is -0.260. The van der Waals surface area contributed by atoms with E-state index >= 15 is 0 Å². The second-order valence-electron chi connectivity index (χ2n) is 3.13. The van der Waals surface area contributed by atoms with Gasteiger partial charge >= 0.3 is 0 Å². The van der Waals surface area contributed by atoms with Gasteiger partial charge < -0.3 is 9.79 Å². The van der Waals surface area contributed by atoms with Gasteiger partial charge in [0.2, 0.25) is 0 Å². The molecule has 80 valence electrons. The minimum absolute atomic E-state index is 0.0481. The lowest BCUT2D eigenvalue weighted by Gasteiger charge is -2.01. The van der Waals surface area contributed by atoms with Crippen LogP contribution in [0.1, 0.15) is 26.2 Å². The van der Waals surface area contributed by atoms with Crippen molar-refractivity contribution < 1.29 is 19.4 Å². The van der Waals surface area contributed by atoms with Crippen LogP contribution in [0.4, 0.5) is 0 Å². The van der Waals surface area contributed by atoms with Crippen molar-refractivity contribution in [3.63, 3.8) is 0 Å². The van der Waals surface area contributed by atoms with E-state index in [0.29, 0.717) is 18.4 Å². The molecule has 0 unspecified atom stereocenters. The SMILES string of the molecule is C=C(C)C(=O)CCCC(=O)CP(O)O. The van der Waals surface area contributed by atoms with Crippen molar-refractivity contribution in [3.05, 3.63) is 12.2 Å². The molecule has 0 bridgehead atoms. The molecule has 0 heterocycles. The molecule has 0 aliphatic carbocycles. The largest absolute Gasteiger partial charge is 0.350 e. The van der Waals surface area contributed by atoms with E-state index in [0.717, 1.165) is 0 Å². The minimum Gasteiger partial charge on any atom is -0.350 e. The molecule has 0 aliphatic rings. The van der Waals surface area contributed by atoms with E-state index in [1.807, 2.05) is 0 Å². The zero-order chi connectivity index (χ0) is 11.1. The Morgan fingerprint density at radius 2 is 1.86 bits per heavy atom. The summed E-state index contributed by atoms with van der Waals surface area (Å²) in [5, 5.41) is 0. The van der Waals surface area contributed by atoms with Crippen LogP contribution in [-0.4, -0.2) is 27.5 Å². The molecule has 0 amide bonds. The highest BCUT2D eigenvalue weighted by atomic mass is 31.2. The van der Waals surface area contributed by atoms with Gasteiger partial charge in [-0.05, 0) is 18.9 Å². The molecule has 5 heteroatoms. The predicted molar refractivity (Wildman–Crippen MR) is 54.9 cm³/mol. The first-order valence-electron chi connectivity index (χ1n) is 4.29. The Balaban J connectivity index is 3.59. The maximum absolute atomic E-state index is 11.0. The monoisotopic (exact) mass is 218 g/mol. The van der Waals surface area contributed by atoms with Crippen LogP contribution in [0.15, 0.2) is 12.2 Å². The molecule has 2 N–H and O–H groups in total. The van der Waals surface area contributed by atoms with Crippen LogP contribution in [0, 0.1) is 0 Å². The molecule has 0 aromatic rings. The van der Waals surface area contributed by atoms with Gasteiger partial charge in [0.05, 0.1) is 6.16 Å². The van der Waals surface area contributed by atoms with Crippen LogP contribution in [0.25, 0.3) is 0 Å². The third-order valence-corrected chi connectivity index (χ3v) is 2.29. The van der Waals surface area contributed by atoms with Gasteiger partial charge in [0.1, 0.15) is 5.78 Å². The zero-order valence-electron chi connectivity index (χ0n) is 8.19. The smallest absolute Gasteiger partial charge is 0.172 e. The number of Topliss-reactive ketones (excluding diaryl/α,β-unsaturated/α-hetero) is 2. The van der Waals surface area contributed by atoms with Crippen molar-refractivity contribution >= 4 is 19.9 Å². The highest BCUT2D eigenvalue weighted by Crippen LogP contribution is 2.22. The standard InChI is InChI=1S/C9H15O4P/c1-7(2)9(11)5-3-4-8(10)6-14(12)13/h12-13H,1,3-6H2,2H3. The van der Waals surface area contributed by atoms with E-state index < -0.39 is 8.38 Å². The van der Waals surface area contributed by atoms with Crippen LogP contribution >= 0.6 is 8.38 Å². The molecule has 0 saturated heterocycles. The number of hydrogen-bond donors (Lipinski definition) is 2. The summed E-state index contributed by atoms with van der Waals surface area (Å²) in [7, 11) is -2.14. The molecule has 0 aliphatic heterocycles. The number of ketones is 2. The second kappa shape index (κ2) is 6.82. The van der Waals surface area contributed by atoms with Gasteiger partial charge in [-0.1, -0.05) is 6.58 Å². The van der Waals surface area contributed by atoms with Crippen LogP contribution in [0.2, 0.25) is 0 Å². The average Bonchev–Trinajstić information content (AvgIpc) is 2.02. The van der Waals surface area contributed by atoms with Gasteiger partial charge in [-0.25, -0.2) is 0 Å². The van der Waals surface area contributed by atoms with E-state index in [4.69, 9.17) is 9.79 Å². The maximum atomic E-state index is 11.0. The first-order chi connectivity index (χ1) is 6.43. The Labute approximate surface area is 84.6 Å². The molecule has 0 spiro atoms. The van der Waals surface area contributed by atoms with Crippen molar-refractivity contribution in [2.45, 2.75) is 26.2 Å². The van der Waals surface area contributed by atoms with Crippen LogP contribution in [0.5, 0.6) is 0 Å². The Bertz CT molecular complexity index is 235. The van der Waals surface area contributed by atoms with E-state index in [2.05, 4.69) is 6.58 Å². The summed E-state index contributed by atoms with van der Waals surface area (Å²) < 4.78 is 0. The van der Waals surface area contributed by atoms with Crippen molar-refractivity contribution in [2.24, 2.45) is 0 Å². The first-order valence-corrected chi connectivity index (χ1v) is 5.72. The second-order valence-corrected chi connectivity index (χ2v) is 4.19. The number of hydrogen-bond acceptors (Lipinski definition) is 4.